The molecule has 0 amide bonds. The van der Waals surface area contributed by atoms with Gasteiger partial charge in [-0.3, -0.25) is 0 Å². The molecule has 4 nitrogen and oxygen atoms in total. The first-order valence-electron chi connectivity index (χ1n) is 8.66. The fraction of sp³-hybridized carbons (Fsp3) is 0.0909. The van der Waals surface area contributed by atoms with E-state index in [1.807, 2.05) is 43.3 Å². The van der Waals surface area contributed by atoms with Crippen molar-refractivity contribution >= 4 is 38.3 Å². The Morgan fingerprint density at radius 1 is 1.04 bits per heavy atom. The van der Waals surface area contributed by atoms with Crippen LogP contribution in [0.2, 0.25) is 0 Å². The molecule has 0 unspecified atom stereocenters. The number of aryl methyl sites for hydroxylation is 1. The number of halogens is 1. The minimum absolute atomic E-state index is 0.263. The maximum Gasteiger partial charge on any atom is 0.338 e. The SMILES string of the molecule is COC(=O)c1ccc(-c2ccc(Nc3nc4ccc(F)cc4s3)cc2)cc1C. The highest BCUT2D eigenvalue weighted by Gasteiger charge is 2.10. The van der Waals surface area contributed by atoms with Crippen LogP contribution in [0.3, 0.4) is 0 Å². The average molecular weight is 392 g/mol. The number of rotatable bonds is 4. The molecule has 0 saturated carbocycles. The van der Waals surface area contributed by atoms with Crippen LogP contribution in [0.25, 0.3) is 21.3 Å². The lowest BCUT2D eigenvalue weighted by Gasteiger charge is -2.08. The van der Waals surface area contributed by atoms with Crippen LogP contribution in [-0.2, 0) is 4.74 Å². The number of hydrogen-bond acceptors (Lipinski definition) is 5. The Hall–Kier alpha value is -3.25. The summed E-state index contributed by atoms with van der Waals surface area (Å²) in [6.07, 6.45) is 0. The molecule has 1 heterocycles. The summed E-state index contributed by atoms with van der Waals surface area (Å²) in [5.74, 6) is -0.597. The Balaban J connectivity index is 1.55. The van der Waals surface area contributed by atoms with Gasteiger partial charge in [0.25, 0.3) is 0 Å². The summed E-state index contributed by atoms with van der Waals surface area (Å²) in [6.45, 7) is 1.89. The summed E-state index contributed by atoms with van der Waals surface area (Å²) < 4.78 is 18.9. The largest absolute Gasteiger partial charge is 0.465 e. The van der Waals surface area contributed by atoms with Crippen LogP contribution in [0, 0.1) is 12.7 Å². The maximum absolute atomic E-state index is 13.3. The van der Waals surface area contributed by atoms with Crippen LogP contribution >= 0.6 is 11.3 Å². The number of fused-ring (bicyclic) bond motifs is 1. The van der Waals surface area contributed by atoms with Crippen LogP contribution in [0.15, 0.2) is 60.7 Å². The highest BCUT2D eigenvalue weighted by atomic mass is 32.1. The standard InChI is InChI=1S/C22H17FN2O2S/c1-13-11-15(5-9-18(13)21(26)27-2)14-3-7-17(8-4-14)24-22-25-19-10-6-16(23)12-20(19)28-22/h3-12H,1-2H3,(H,24,25). The molecule has 140 valence electrons. The number of nitrogens with zero attached hydrogens (tertiary/aromatic N) is 1. The summed E-state index contributed by atoms with van der Waals surface area (Å²) in [6, 6.07) is 18.2. The van der Waals surface area contributed by atoms with Crippen molar-refractivity contribution in [1.29, 1.82) is 0 Å². The van der Waals surface area contributed by atoms with Gasteiger partial charge in [0.05, 0.1) is 22.9 Å². The fourth-order valence-corrected chi connectivity index (χ4v) is 3.91. The molecule has 1 aromatic heterocycles. The zero-order valence-corrected chi connectivity index (χ0v) is 16.1. The molecule has 6 heteroatoms. The molecule has 3 aromatic carbocycles. The molecule has 0 spiro atoms. The lowest BCUT2D eigenvalue weighted by molar-refractivity contribution is 0.0600. The first kappa shape index (κ1) is 18.1. The van der Waals surface area contributed by atoms with Crippen LogP contribution in [0.1, 0.15) is 15.9 Å². The minimum Gasteiger partial charge on any atom is -0.465 e. The van der Waals surface area contributed by atoms with Crippen molar-refractivity contribution in [3.63, 3.8) is 0 Å². The van der Waals surface area contributed by atoms with E-state index < -0.39 is 0 Å². The number of methoxy groups -OCH3 is 1. The maximum atomic E-state index is 13.3. The molecule has 28 heavy (non-hydrogen) atoms. The number of aromatic nitrogens is 1. The second-order valence-corrected chi connectivity index (χ2v) is 7.39. The second kappa shape index (κ2) is 7.40. The summed E-state index contributed by atoms with van der Waals surface area (Å²) >= 11 is 1.41. The number of thiazole rings is 1. The summed E-state index contributed by atoms with van der Waals surface area (Å²) in [7, 11) is 1.38. The Labute approximate surface area is 165 Å². The normalized spacial score (nSPS) is 10.8. The molecule has 0 saturated heterocycles. The van der Waals surface area contributed by atoms with Crippen molar-refractivity contribution in [1.82, 2.24) is 4.98 Å². The number of ether oxygens (including phenoxy) is 1. The van der Waals surface area contributed by atoms with E-state index in [2.05, 4.69) is 10.3 Å². The van der Waals surface area contributed by atoms with E-state index in [1.54, 1.807) is 12.1 Å². The average Bonchev–Trinajstić information content (AvgIpc) is 3.09. The molecule has 1 N–H and O–H groups in total. The van der Waals surface area contributed by atoms with Crippen molar-refractivity contribution < 1.29 is 13.9 Å². The Kier molecular flexibility index (Phi) is 4.79. The van der Waals surface area contributed by atoms with Crippen molar-refractivity contribution in [2.75, 3.05) is 12.4 Å². The Morgan fingerprint density at radius 3 is 2.50 bits per heavy atom. The molecule has 0 atom stereocenters. The molecular weight excluding hydrogens is 375 g/mol. The Morgan fingerprint density at radius 2 is 1.79 bits per heavy atom. The van der Waals surface area contributed by atoms with Gasteiger partial charge in [-0.1, -0.05) is 35.6 Å². The first-order chi connectivity index (χ1) is 13.5. The zero-order chi connectivity index (χ0) is 19.7. The predicted molar refractivity (Wildman–Crippen MR) is 111 cm³/mol. The van der Waals surface area contributed by atoms with Gasteiger partial charge >= 0.3 is 5.97 Å². The topological polar surface area (TPSA) is 51.2 Å². The lowest BCUT2D eigenvalue weighted by Crippen LogP contribution is -2.03. The summed E-state index contributed by atoms with van der Waals surface area (Å²) in [4.78, 5) is 16.2. The molecule has 4 rings (SSSR count). The number of anilines is 2. The molecule has 0 aliphatic heterocycles. The van der Waals surface area contributed by atoms with Crippen LogP contribution < -0.4 is 5.32 Å². The van der Waals surface area contributed by atoms with Crippen molar-refractivity contribution in [2.45, 2.75) is 6.92 Å². The van der Waals surface area contributed by atoms with Crippen LogP contribution in [0.5, 0.6) is 0 Å². The zero-order valence-electron chi connectivity index (χ0n) is 15.3. The number of carbonyl (C=O) groups excluding carboxylic acids is 1. The smallest absolute Gasteiger partial charge is 0.338 e. The van der Waals surface area contributed by atoms with E-state index in [1.165, 1.54) is 30.6 Å². The minimum atomic E-state index is -0.334. The molecule has 0 radical (unpaired) electrons. The van der Waals surface area contributed by atoms with E-state index in [9.17, 15) is 9.18 Å². The molecule has 0 aliphatic carbocycles. The van der Waals surface area contributed by atoms with E-state index in [0.717, 1.165) is 32.6 Å². The Bertz CT molecular complexity index is 1170. The number of hydrogen-bond donors (Lipinski definition) is 1. The highest BCUT2D eigenvalue weighted by Crippen LogP contribution is 2.30. The third-order valence-electron chi connectivity index (χ3n) is 4.45. The number of carbonyl (C=O) groups is 1. The van der Waals surface area contributed by atoms with E-state index >= 15 is 0 Å². The monoisotopic (exact) mass is 392 g/mol. The number of benzene rings is 3. The van der Waals surface area contributed by atoms with Gasteiger partial charge in [0.1, 0.15) is 5.82 Å². The molecule has 0 fully saturated rings. The van der Waals surface area contributed by atoms with E-state index in [0.29, 0.717) is 10.7 Å². The van der Waals surface area contributed by atoms with Gasteiger partial charge in [0.15, 0.2) is 5.13 Å². The van der Waals surface area contributed by atoms with Gasteiger partial charge in [0.2, 0.25) is 0 Å². The fourth-order valence-electron chi connectivity index (χ4n) is 3.00. The molecule has 0 bridgehead atoms. The third-order valence-corrected chi connectivity index (χ3v) is 5.39. The van der Waals surface area contributed by atoms with Gasteiger partial charge in [-0.15, -0.1) is 0 Å². The van der Waals surface area contributed by atoms with Gasteiger partial charge < -0.3 is 10.1 Å². The second-order valence-electron chi connectivity index (χ2n) is 6.35. The van der Waals surface area contributed by atoms with Crippen molar-refractivity contribution in [3.8, 4) is 11.1 Å². The predicted octanol–water partition coefficient (Wildman–Crippen LogP) is 5.94. The number of esters is 1. The van der Waals surface area contributed by atoms with Gasteiger partial charge in [-0.2, -0.15) is 0 Å². The van der Waals surface area contributed by atoms with Gasteiger partial charge in [-0.05, 0) is 60.0 Å². The summed E-state index contributed by atoms with van der Waals surface area (Å²) in [5, 5.41) is 3.97. The molecule has 4 aromatic rings. The van der Waals surface area contributed by atoms with Gasteiger partial charge in [0, 0.05) is 5.69 Å². The third kappa shape index (κ3) is 3.59. The van der Waals surface area contributed by atoms with Crippen molar-refractivity contribution in [2.24, 2.45) is 0 Å². The quantitative estimate of drug-likeness (QED) is 0.437. The van der Waals surface area contributed by atoms with E-state index in [-0.39, 0.29) is 11.8 Å². The highest BCUT2D eigenvalue weighted by molar-refractivity contribution is 7.22. The van der Waals surface area contributed by atoms with Crippen molar-refractivity contribution in [3.05, 3.63) is 77.6 Å². The first-order valence-corrected chi connectivity index (χ1v) is 9.47. The van der Waals surface area contributed by atoms with E-state index in [4.69, 9.17) is 4.74 Å². The van der Waals surface area contributed by atoms with Crippen LogP contribution in [-0.4, -0.2) is 18.1 Å². The van der Waals surface area contributed by atoms with Crippen LogP contribution in [0.4, 0.5) is 15.2 Å². The number of nitrogens with one attached hydrogen (secondary N) is 1. The lowest BCUT2D eigenvalue weighted by atomic mass is 10.00. The molecular formula is C22H17FN2O2S. The van der Waals surface area contributed by atoms with Gasteiger partial charge in [-0.25, -0.2) is 14.2 Å². The summed E-state index contributed by atoms with van der Waals surface area (Å²) in [5.41, 5.74) is 5.16. The molecule has 0 aliphatic rings.